The molecule has 0 unspecified atom stereocenters. The number of aryl methyl sites for hydroxylation is 1. The summed E-state index contributed by atoms with van der Waals surface area (Å²) in [5.74, 6) is 2.19. The van der Waals surface area contributed by atoms with Gasteiger partial charge in [0.1, 0.15) is 5.76 Å². The fourth-order valence-electron chi connectivity index (χ4n) is 2.90. The fraction of sp³-hybridized carbons (Fsp3) is 0.600. The second kappa shape index (κ2) is 3.80. The van der Waals surface area contributed by atoms with Gasteiger partial charge in [-0.2, -0.15) is 0 Å². The SMILES string of the molecule is C=C1CC[C@@H](C)C(C)(C)[C@H]1c1cc(C)co1. The minimum atomic E-state index is 0.250. The van der Waals surface area contributed by atoms with Gasteiger partial charge in [0.05, 0.1) is 6.26 Å². The van der Waals surface area contributed by atoms with E-state index in [0.717, 1.165) is 12.2 Å². The molecule has 1 heteroatoms. The van der Waals surface area contributed by atoms with Gasteiger partial charge in [0.2, 0.25) is 0 Å². The third kappa shape index (κ3) is 1.73. The average Bonchev–Trinajstić information content (AvgIpc) is 2.59. The first-order valence-electron chi connectivity index (χ1n) is 6.15. The summed E-state index contributed by atoms with van der Waals surface area (Å²) in [5.41, 5.74) is 2.79. The molecule has 1 nitrogen and oxygen atoms in total. The zero-order valence-corrected chi connectivity index (χ0v) is 10.8. The van der Waals surface area contributed by atoms with Crippen molar-refractivity contribution in [3.63, 3.8) is 0 Å². The lowest BCUT2D eigenvalue weighted by Crippen LogP contribution is -2.34. The van der Waals surface area contributed by atoms with Gasteiger partial charge in [0, 0.05) is 5.92 Å². The Bertz CT molecular complexity index is 397. The van der Waals surface area contributed by atoms with Crippen LogP contribution in [0.3, 0.4) is 0 Å². The Hall–Kier alpha value is -0.980. The third-order valence-corrected chi connectivity index (χ3v) is 4.36. The summed E-state index contributed by atoms with van der Waals surface area (Å²) < 4.78 is 5.70. The van der Waals surface area contributed by atoms with Crippen molar-refractivity contribution in [3.05, 3.63) is 35.8 Å². The number of furan rings is 1. The summed E-state index contributed by atoms with van der Waals surface area (Å²) in [5, 5.41) is 0. The van der Waals surface area contributed by atoms with Crippen molar-refractivity contribution in [1.82, 2.24) is 0 Å². The van der Waals surface area contributed by atoms with Crippen LogP contribution in [-0.2, 0) is 0 Å². The van der Waals surface area contributed by atoms with E-state index < -0.39 is 0 Å². The molecule has 88 valence electrons. The molecule has 0 N–H and O–H groups in total. The normalized spacial score (nSPS) is 29.4. The van der Waals surface area contributed by atoms with Crippen LogP contribution in [0, 0.1) is 18.3 Å². The van der Waals surface area contributed by atoms with Gasteiger partial charge in [-0.15, -0.1) is 0 Å². The van der Waals surface area contributed by atoms with Gasteiger partial charge in [-0.05, 0) is 42.7 Å². The molecule has 2 rings (SSSR count). The predicted molar refractivity (Wildman–Crippen MR) is 67.5 cm³/mol. The van der Waals surface area contributed by atoms with E-state index in [0.29, 0.717) is 11.8 Å². The van der Waals surface area contributed by atoms with Crippen molar-refractivity contribution in [2.45, 2.75) is 46.5 Å². The molecule has 1 aromatic heterocycles. The lowest BCUT2D eigenvalue weighted by molar-refractivity contribution is 0.143. The Kier molecular flexibility index (Phi) is 2.73. The summed E-state index contributed by atoms with van der Waals surface area (Å²) in [6.45, 7) is 13.3. The predicted octanol–water partition coefficient (Wildman–Crippen LogP) is 4.68. The quantitative estimate of drug-likeness (QED) is 0.623. The molecule has 0 bridgehead atoms. The minimum absolute atomic E-state index is 0.250. The maximum atomic E-state index is 5.70. The van der Waals surface area contributed by atoms with Crippen molar-refractivity contribution < 1.29 is 4.42 Å². The molecule has 0 amide bonds. The van der Waals surface area contributed by atoms with E-state index in [-0.39, 0.29) is 5.41 Å². The van der Waals surface area contributed by atoms with Crippen LogP contribution in [0.1, 0.15) is 50.9 Å². The number of rotatable bonds is 1. The standard InChI is InChI=1S/C15H22O/c1-10-8-13(16-9-10)14-11(2)6-7-12(3)15(14,4)5/h8-9,12,14H,2,6-7H2,1,3-5H3/t12-,14-/m1/s1. The van der Waals surface area contributed by atoms with E-state index in [2.05, 4.69) is 40.3 Å². The number of hydrogen-bond donors (Lipinski definition) is 0. The number of allylic oxidation sites excluding steroid dienone is 1. The average molecular weight is 218 g/mol. The van der Waals surface area contributed by atoms with Crippen molar-refractivity contribution >= 4 is 0 Å². The highest BCUT2D eigenvalue weighted by Crippen LogP contribution is 2.52. The Morgan fingerprint density at radius 1 is 1.44 bits per heavy atom. The molecule has 1 aromatic rings. The van der Waals surface area contributed by atoms with Gasteiger partial charge in [-0.1, -0.05) is 32.9 Å². The molecule has 1 fully saturated rings. The van der Waals surface area contributed by atoms with Crippen LogP contribution in [0.4, 0.5) is 0 Å². The summed E-state index contributed by atoms with van der Waals surface area (Å²) in [6.07, 6.45) is 4.23. The Balaban J connectivity index is 2.39. The number of hydrogen-bond acceptors (Lipinski definition) is 1. The second-order valence-electron chi connectivity index (χ2n) is 5.88. The van der Waals surface area contributed by atoms with Crippen LogP contribution in [0.2, 0.25) is 0 Å². The van der Waals surface area contributed by atoms with Gasteiger partial charge in [0.15, 0.2) is 0 Å². The molecule has 1 aliphatic rings. The largest absolute Gasteiger partial charge is 0.468 e. The molecule has 0 spiro atoms. The van der Waals surface area contributed by atoms with E-state index >= 15 is 0 Å². The Morgan fingerprint density at radius 3 is 2.69 bits per heavy atom. The fourth-order valence-corrected chi connectivity index (χ4v) is 2.90. The molecule has 1 aliphatic carbocycles. The molecule has 1 saturated carbocycles. The molecule has 16 heavy (non-hydrogen) atoms. The third-order valence-electron chi connectivity index (χ3n) is 4.36. The molecule has 1 heterocycles. The van der Waals surface area contributed by atoms with Gasteiger partial charge >= 0.3 is 0 Å². The summed E-state index contributed by atoms with van der Waals surface area (Å²) >= 11 is 0. The highest BCUT2D eigenvalue weighted by Gasteiger charge is 2.42. The first kappa shape index (κ1) is 11.5. The van der Waals surface area contributed by atoms with Crippen LogP contribution >= 0.6 is 0 Å². The first-order valence-corrected chi connectivity index (χ1v) is 6.15. The molecule has 0 radical (unpaired) electrons. The summed E-state index contributed by atoms with van der Waals surface area (Å²) in [7, 11) is 0. The topological polar surface area (TPSA) is 13.1 Å². The molecule has 0 aliphatic heterocycles. The van der Waals surface area contributed by atoms with E-state index in [1.54, 1.807) is 0 Å². The Labute approximate surface area is 98.5 Å². The minimum Gasteiger partial charge on any atom is -0.468 e. The molecular weight excluding hydrogens is 196 g/mol. The lowest BCUT2D eigenvalue weighted by atomic mass is 9.60. The van der Waals surface area contributed by atoms with Crippen LogP contribution in [0.15, 0.2) is 28.9 Å². The van der Waals surface area contributed by atoms with E-state index in [1.807, 2.05) is 6.26 Å². The van der Waals surface area contributed by atoms with Crippen molar-refractivity contribution in [2.75, 3.05) is 0 Å². The van der Waals surface area contributed by atoms with Gasteiger partial charge in [-0.25, -0.2) is 0 Å². The van der Waals surface area contributed by atoms with Crippen molar-refractivity contribution in [3.8, 4) is 0 Å². The highest BCUT2D eigenvalue weighted by atomic mass is 16.3. The van der Waals surface area contributed by atoms with Gasteiger partial charge in [-0.3, -0.25) is 0 Å². The highest BCUT2D eigenvalue weighted by molar-refractivity contribution is 5.28. The van der Waals surface area contributed by atoms with E-state index in [4.69, 9.17) is 4.42 Å². The van der Waals surface area contributed by atoms with Crippen LogP contribution in [-0.4, -0.2) is 0 Å². The molecule has 2 atom stereocenters. The second-order valence-corrected chi connectivity index (χ2v) is 5.88. The summed E-state index contributed by atoms with van der Waals surface area (Å²) in [4.78, 5) is 0. The maximum Gasteiger partial charge on any atom is 0.111 e. The van der Waals surface area contributed by atoms with Gasteiger partial charge in [0.25, 0.3) is 0 Å². The lowest BCUT2D eigenvalue weighted by Gasteiger charge is -2.44. The van der Waals surface area contributed by atoms with Gasteiger partial charge < -0.3 is 4.42 Å². The zero-order valence-electron chi connectivity index (χ0n) is 10.8. The Morgan fingerprint density at radius 2 is 2.12 bits per heavy atom. The van der Waals surface area contributed by atoms with E-state index in [1.165, 1.54) is 17.6 Å². The maximum absolute atomic E-state index is 5.70. The van der Waals surface area contributed by atoms with Crippen LogP contribution < -0.4 is 0 Å². The van der Waals surface area contributed by atoms with Crippen molar-refractivity contribution in [2.24, 2.45) is 11.3 Å². The molecule has 0 saturated heterocycles. The first-order chi connectivity index (χ1) is 7.43. The van der Waals surface area contributed by atoms with Crippen molar-refractivity contribution in [1.29, 1.82) is 0 Å². The zero-order chi connectivity index (χ0) is 11.9. The van der Waals surface area contributed by atoms with E-state index in [9.17, 15) is 0 Å². The molecular formula is C15H22O. The smallest absolute Gasteiger partial charge is 0.111 e. The monoisotopic (exact) mass is 218 g/mol. The van der Waals surface area contributed by atoms with Crippen LogP contribution in [0.25, 0.3) is 0 Å². The molecule has 0 aromatic carbocycles. The van der Waals surface area contributed by atoms with Crippen LogP contribution in [0.5, 0.6) is 0 Å². The summed E-state index contributed by atoms with van der Waals surface area (Å²) in [6, 6.07) is 2.16.